The minimum absolute atomic E-state index is 0.0772. The first-order valence-electron chi connectivity index (χ1n) is 10.1. The number of hydrogen-bond donors (Lipinski definition) is 1. The highest BCUT2D eigenvalue weighted by molar-refractivity contribution is 7.92. The molecule has 28 heavy (non-hydrogen) atoms. The van der Waals surface area contributed by atoms with Crippen LogP contribution in [0.15, 0.2) is 23.2 Å². The summed E-state index contributed by atoms with van der Waals surface area (Å²) in [4.78, 5) is 9.25. The molecule has 0 unspecified atom stereocenters. The monoisotopic (exact) mass is 408 g/mol. The molecule has 0 saturated carbocycles. The summed E-state index contributed by atoms with van der Waals surface area (Å²) in [5.74, 6) is 0.889. The van der Waals surface area contributed by atoms with E-state index in [2.05, 4.69) is 52.2 Å². The molecule has 1 saturated heterocycles. The molecule has 0 aliphatic carbocycles. The lowest BCUT2D eigenvalue weighted by atomic mass is 10.1. The zero-order chi connectivity index (χ0) is 20.9. The van der Waals surface area contributed by atoms with Gasteiger partial charge in [0.1, 0.15) is 0 Å². The molecule has 1 aromatic rings. The van der Waals surface area contributed by atoms with Crippen LogP contribution >= 0.6 is 0 Å². The van der Waals surface area contributed by atoms with E-state index in [4.69, 9.17) is 0 Å². The Labute approximate surface area is 170 Å². The van der Waals surface area contributed by atoms with Gasteiger partial charge in [0.15, 0.2) is 15.8 Å². The fourth-order valence-electron chi connectivity index (χ4n) is 3.24. The molecule has 0 radical (unpaired) electrons. The van der Waals surface area contributed by atoms with E-state index in [9.17, 15) is 8.42 Å². The molecule has 0 spiro atoms. The quantitative estimate of drug-likeness (QED) is 0.599. The normalized spacial score (nSPS) is 16.4. The van der Waals surface area contributed by atoms with E-state index in [1.165, 1.54) is 16.8 Å². The zero-order valence-electron chi connectivity index (χ0n) is 18.2. The van der Waals surface area contributed by atoms with Gasteiger partial charge in [-0.3, -0.25) is 4.99 Å². The summed E-state index contributed by atoms with van der Waals surface area (Å²) in [6.45, 7) is 16.2. The molecule has 0 aromatic heterocycles. The van der Waals surface area contributed by atoms with E-state index in [0.717, 1.165) is 38.7 Å². The Bertz CT molecular complexity index is 789. The third kappa shape index (κ3) is 5.40. The summed E-state index contributed by atoms with van der Waals surface area (Å²) >= 11 is 0. The fraction of sp³-hybridized carbons (Fsp3) is 0.667. The van der Waals surface area contributed by atoms with Crippen LogP contribution in [0.1, 0.15) is 38.8 Å². The van der Waals surface area contributed by atoms with E-state index < -0.39 is 14.6 Å². The maximum absolute atomic E-state index is 12.3. The minimum atomic E-state index is -3.15. The van der Waals surface area contributed by atoms with Crippen LogP contribution in [-0.2, 0) is 9.84 Å². The van der Waals surface area contributed by atoms with E-state index in [1.54, 1.807) is 20.8 Å². The second-order valence-corrected chi connectivity index (χ2v) is 11.2. The number of anilines is 1. The lowest BCUT2D eigenvalue weighted by Crippen LogP contribution is -2.52. The van der Waals surface area contributed by atoms with Crippen molar-refractivity contribution in [2.24, 2.45) is 4.99 Å². The molecule has 2 rings (SSSR count). The molecule has 6 nitrogen and oxygen atoms in total. The molecule has 1 fully saturated rings. The Morgan fingerprint density at radius 1 is 1.14 bits per heavy atom. The van der Waals surface area contributed by atoms with Gasteiger partial charge in [-0.2, -0.15) is 0 Å². The van der Waals surface area contributed by atoms with E-state index in [0.29, 0.717) is 6.54 Å². The summed E-state index contributed by atoms with van der Waals surface area (Å²) in [5.41, 5.74) is 3.96. The van der Waals surface area contributed by atoms with Crippen molar-refractivity contribution < 1.29 is 8.42 Å². The summed E-state index contributed by atoms with van der Waals surface area (Å²) in [7, 11) is -3.15. The Hall–Kier alpha value is -1.76. The molecule has 1 aliphatic rings. The summed E-state index contributed by atoms with van der Waals surface area (Å²) < 4.78 is 23.9. The SMILES string of the molecule is CCNC(=NCCS(=O)(=O)C(C)(C)C)N1CCN(c2cccc(C)c2C)CC1. The van der Waals surface area contributed by atoms with Crippen molar-refractivity contribution >= 4 is 21.5 Å². The Kier molecular flexibility index (Phi) is 7.37. The molecular formula is C21H36N4O2S. The third-order valence-electron chi connectivity index (χ3n) is 5.39. The van der Waals surface area contributed by atoms with E-state index in [-0.39, 0.29) is 5.75 Å². The Morgan fingerprint density at radius 2 is 1.79 bits per heavy atom. The maximum Gasteiger partial charge on any atom is 0.194 e. The molecule has 0 amide bonds. The fourth-order valence-corrected chi connectivity index (χ4v) is 4.19. The predicted molar refractivity (Wildman–Crippen MR) is 119 cm³/mol. The standard InChI is InChI=1S/C21H36N4O2S/c1-7-22-20(23-11-16-28(26,27)21(4,5)6)25-14-12-24(13-15-25)19-10-8-9-17(2)18(19)3/h8-10H,7,11-16H2,1-6H3,(H,22,23). The predicted octanol–water partition coefficient (Wildman–Crippen LogP) is 2.60. The van der Waals surface area contributed by atoms with Gasteiger partial charge >= 0.3 is 0 Å². The van der Waals surface area contributed by atoms with Gasteiger partial charge in [-0.15, -0.1) is 0 Å². The van der Waals surface area contributed by atoms with Crippen molar-refractivity contribution in [1.29, 1.82) is 0 Å². The summed E-state index contributed by atoms with van der Waals surface area (Å²) in [6.07, 6.45) is 0. The number of nitrogens with zero attached hydrogens (tertiary/aromatic N) is 3. The van der Waals surface area contributed by atoms with Gasteiger partial charge in [-0.05, 0) is 58.7 Å². The largest absolute Gasteiger partial charge is 0.368 e. The number of benzene rings is 1. The lowest BCUT2D eigenvalue weighted by molar-refractivity contribution is 0.372. The van der Waals surface area contributed by atoms with Crippen LogP contribution in [-0.4, -0.2) is 69.0 Å². The minimum Gasteiger partial charge on any atom is -0.368 e. The number of rotatable bonds is 5. The molecule has 158 valence electrons. The van der Waals surface area contributed by atoms with Crippen molar-refractivity contribution in [2.75, 3.05) is 49.9 Å². The molecular weight excluding hydrogens is 372 g/mol. The van der Waals surface area contributed by atoms with Gasteiger partial charge in [-0.25, -0.2) is 8.42 Å². The molecule has 1 heterocycles. The van der Waals surface area contributed by atoms with Crippen molar-refractivity contribution in [3.63, 3.8) is 0 Å². The third-order valence-corrected chi connectivity index (χ3v) is 7.97. The molecule has 7 heteroatoms. The lowest BCUT2D eigenvalue weighted by Gasteiger charge is -2.38. The number of hydrogen-bond acceptors (Lipinski definition) is 4. The highest BCUT2D eigenvalue weighted by Gasteiger charge is 2.28. The van der Waals surface area contributed by atoms with Crippen LogP contribution in [0.3, 0.4) is 0 Å². The van der Waals surface area contributed by atoms with Crippen LogP contribution < -0.4 is 10.2 Å². The summed E-state index contributed by atoms with van der Waals surface area (Å²) in [5, 5.41) is 3.32. The van der Waals surface area contributed by atoms with Crippen LogP contribution in [0, 0.1) is 13.8 Å². The van der Waals surface area contributed by atoms with Crippen molar-refractivity contribution in [1.82, 2.24) is 10.2 Å². The molecule has 0 atom stereocenters. The zero-order valence-corrected chi connectivity index (χ0v) is 19.1. The average Bonchev–Trinajstić information content (AvgIpc) is 2.62. The highest BCUT2D eigenvalue weighted by atomic mass is 32.2. The van der Waals surface area contributed by atoms with Gasteiger partial charge in [0.2, 0.25) is 0 Å². The van der Waals surface area contributed by atoms with Crippen molar-refractivity contribution in [3.05, 3.63) is 29.3 Å². The Balaban J connectivity index is 2.01. The first-order chi connectivity index (χ1) is 13.1. The van der Waals surface area contributed by atoms with E-state index >= 15 is 0 Å². The molecule has 1 N–H and O–H groups in total. The van der Waals surface area contributed by atoms with Gasteiger partial charge in [0, 0.05) is 38.4 Å². The van der Waals surface area contributed by atoms with Crippen molar-refractivity contribution in [3.8, 4) is 0 Å². The molecule has 1 aromatic carbocycles. The topological polar surface area (TPSA) is 65.0 Å². The van der Waals surface area contributed by atoms with Crippen LogP contribution in [0.4, 0.5) is 5.69 Å². The number of nitrogens with one attached hydrogen (secondary N) is 1. The maximum atomic E-state index is 12.3. The number of sulfone groups is 1. The number of guanidine groups is 1. The first kappa shape index (κ1) is 22.5. The van der Waals surface area contributed by atoms with Gasteiger partial charge in [0.05, 0.1) is 17.0 Å². The smallest absolute Gasteiger partial charge is 0.194 e. The highest BCUT2D eigenvalue weighted by Crippen LogP contribution is 2.24. The van der Waals surface area contributed by atoms with Crippen LogP contribution in [0.5, 0.6) is 0 Å². The van der Waals surface area contributed by atoms with Crippen LogP contribution in [0.25, 0.3) is 0 Å². The van der Waals surface area contributed by atoms with Crippen LogP contribution in [0.2, 0.25) is 0 Å². The second-order valence-electron chi connectivity index (χ2n) is 8.36. The number of aliphatic imine (C=N–C) groups is 1. The Morgan fingerprint density at radius 3 is 2.36 bits per heavy atom. The summed E-state index contributed by atoms with van der Waals surface area (Å²) in [6, 6.07) is 6.45. The molecule has 1 aliphatic heterocycles. The van der Waals surface area contributed by atoms with Gasteiger partial charge in [-0.1, -0.05) is 12.1 Å². The van der Waals surface area contributed by atoms with Crippen molar-refractivity contribution in [2.45, 2.75) is 46.3 Å². The molecule has 0 bridgehead atoms. The van der Waals surface area contributed by atoms with Gasteiger partial charge < -0.3 is 15.1 Å². The number of piperazine rings is 1. The second kappa shape index (κ2) is 9.16. The first-order valence-corrected chi connectivity index (χ1v) is 11.8. The average molecular weight is 409 g/mol. The number of aryl methyl sites for hydroxylation is 1. The van der Waals surface area contributed by atoms with E-state index in [1.807, 2.05) is 6.92 Å². The van der Waals surface area contributed by atoms with Gasteiger partial charge in [0.25, 0.3) is 0 Å².